The molecule has 27 heavy (non-hydrogen) atoms. The van der Waals surface area contributed by atoms with Gasteiger partial charge in [-0.3, -0.25) is 9.89 Å². The van der Waals surface area contributed by atoms with E-state index in [9.17, 15) is 0 Å². The Morgan fingerprint density at radius 2 is 2.00 bits per heavy atom. The van der Waals surface area contributed by atoms with Gasteiger partial charge in [-0.1, -0.05) is 37.3 Å². The number of aliphatic imine (C=N–C) groups is 1. The van der Waals surface area contributed by atoms with E-state index in [1.54, 1.807) is 0 Å². The molecular formula is C21H36IN5. The number of halogens is 1. The SMILES string of the molecule is CCN1CCC(CNC(=NC)NC2CC(C)N(Cc3ccccc3)C2)C1.I. The van der Waals surface area contributed by atoms with Crippen LogP contribution in [0.2, 0.25) is 0 Å². The van der Waals surface area contributed by atoms with Crippen LogP contribution in [-0.2, 0) is 6.54 Å². The standard InChI is InChI=1S/C21H35N5.HI/c1-4-25-11-10-19(14-25)13-23-21(22-3)24-20-12-17(2)26(16-20)15-18-8-6-5-7-9-18;/h5-9,17,19-20H,4,10-16H2,1-3H3,(H2,22,23,24);1H. The first-order valence-electron chi connectivity index (χ1n) is 10.2. The molecule has 2 N–H and O–H groups in total. The first kappa shape index (κ1) is 22.4. The largest absolute Gasteiger partial charge is 0.356 e. The zero-order chi connectivity index (χ0) is 18.4. The maximum atomic E-state index is 4.45. The van der Waals surface area contributed by atoms with Crippen LogP contribution in [0.4, 0.5) is 0 Å². The maximum Gasteiger partial charge on any atom is 0.191 e. The van der Waals surface area contributed by atoms with E-state index in [2.05, 4.69) is 69.6 Å². The minimum atomic E-state index is 0. The molecule has 0 aliphatic carbocycles. The van der Waals surface area contributed by atoms with Gasteiger partial charge >= 0.3 is 0 Å². The maximum absolute atomic E-state index is 4.45. The Morgan fingerprint density at radius 3 is 2.67 bits per heavy atom. The summed E-state index contributed by atoms with van der Waals surface area (Å²) in [5.41, 5.74) is 1.39. The Labute approximate surface area is 182 Å². The van der Waals surface area contributed by atoms with Crippen molar-refractivity contribution in [3.8, 4) is 0 Å². The highest BCUT2D eigenvalue weighted by Crippen LogP contribution is 2.20. The summed E-state index contributed by atoms with van der Waals surface area (Å²) < 4.78 is 0. The number of nitrogens with zero attached hydrogens (tertiary/aromatic N) is 3. The van der Waals surface area contributed by atoms with E-state index >= 15 is 0 Å². The van der Waals surface area contributed by atoms with E-state index in [4.69, 9.17) is 0 Å². The molecule has 2 heterocycles. The molecule has 2 aliphatic rings. The third-order valence-electron chi connectivity index (χ3n) is 5.87. The van der Waals surface area contributed by atoms with Crippen molar-refractivity contribution in [1.29, 1.82) is 0 Å². The lowest BCUT2D eigenvalue weighted by molar-refractivity contribution is 0.258. The lowest BCUT2D eigenvalue weighted by Crippen LogP contribution is -2.46. The van der Waals surface area contributed by atoms with E-state index in [-0.39, 0.29) is 24.0 Å². The van der Waals surface area contributed by atoms with Crippen molar-refractivity contribution >= 4 is 29.9 Å². The first-order valence-corrected chi connectivity index (χ1v) is 10.2. The third-order valence-corrected chi connectivity index (χ3v) is 5.87. The zero-order valence-corrected chi connectivity index (χ0v) is 19.4. The summed E-state index contributed by atoms with van der Waals surface area (Å²) >= 11 is 0. The summed E-state index contributed by atoms with van der Waals surface area (Å²) in [5, 5.41) is 7.20. The van der Waals surface area contributed by atoms with Crippen molar-refractivity contribution < 1.29 is 0 Å². The number of guanidine groups is 1. The minimum absolute atomic E-state index is 0. The van der Waals surface area contributed by atoms with Crippen LogP contribution in [0.25, 0.3) is 0 Å². The van der Waals surface area contributed by atoms with Crippen molar-refractivity contribution in [1.82, 2.24) is 20.4 Å². The van der Waals surface area contributed by atoms with Gasteiger partial charge in [-0.2, -0.15) is 0 Å². The number of hydrogen-bond donors (Lipinski definition) is 2. The second-order valence-corrected chi connectivity index (χ2v) is 7.84. The van der Waals surface area contributed by atoms with Gasteiger partial charge in [0.05, 0.1) is 0 Å². The van der Waals surface area contributed by atoms with Crippen LogP contribution in [0.5, 0.6) is 0 Å². The highest BCUT2D eigenvalue weighted by atomic mass is 127. The van der Waals surface area contributed by atoms with Crippen LogP contribution < -0.4 is 10.6 Å². The molecule has 1 aromatic rings. The lowest BCUT2D eigenvalue weighted by atomic mass is 10.1. The molecule has 3 atom stereocenters. The summed E-state index contributed by atoms with van der Waals surface area (Å²) in [6.07, 6.45) is 2.46. The zero-order valence-electron chi connectivity index (χ0n) is 17.0. The van der Waals surface area contributed by atoms with Crippen molar-refractivity contribution in [2.75, 3.05) is 39.8 Å². The average molecular weight is 485 g/mol. The molecule has 2 fully saturated rings. The predicted molar refractivity (Wildman–Crippen MR) is 125 cm³/mol. The second-order valence-electron chi connectivity index (χ2n) is 7.84. The molecule has 0 spiro atoms. The summed E-state index contributed by atoms with van der Waals surface area (Å²) in [6, 6.07) is 11.8. The summed E-state index contributed by atoms with van der Waals surface area (Å²) in [6.45, 7) is 11.3. The highest BCUT2D eigenvalue weighted by molar-refractivity contribution is 14.0. The Morgan fingerprint density at radius 1 is 1.22 bits per heavy atom. The number of benzene rings is 1. The summed E-state index contributed by atoms with van der Waals surface area (Å²) in [7, 11) is 1.88. The Hall–Kier alpha value is -0.860. The fourth-order valence-electron chi connectivity index (χ4n) is 4.24. The first-order chi connectivity index (χ1) is 12.7. The van der Waals surface area contributed by atoms with Crippen LogP contribution in [0.1, 0.15) is 32.3 Å². The van der Waals surface area contributed by atoms with E-state index in [0.29, 0.717) is 12.1 Å². The second kappa shape index (κ2) is 11.2. The molecule has 3 unspecified atom stereocenters. The Kier molecular flexibility index (Phi) is 9.32. The van der Waals surface area contributed by atoms with Gasteiger partial charge in [-0.25, -0.2) is 0 Å². The highest BCUT2D eigenvalue weighted by Gasteiger charge is 2.29. The Balaban J connectivity index is 0.00000261. The van der Waals surface area contributed by atoms with Crippen LogP contribution in [0.15, 0.2) is 35.3 Å². The molecule has 0 aromatic heterocycles. The van der Waals surface area contributed by atoms with Crippen molar-refractivity contribution in [3.05, 3.63) is 35.9 Å². The molecule has 0 bridgehead atoms. The third kappa shape index (κ3) is 6.61. The van der Waals surface area contributed by atoms with Gasteiger partial charge in [0.1, 0.15) is 0 Å². The van der Waals surface area contributed by atoms with Gasteiger partial charge < -0.3 is 15.5 Å². The molecule has 1 aromatic carbocycles. The van der Waals surface area contributed by atoms with Crippen LogP contribution in [0, 0.1) is 5.92 Å². The number of rotatable bonds is 6. The van der Waals surface area contributed by atoms with Gasteiger partial charge in [0.15, 0.2) is 5.96 Å². The molecule has 5 nitrogen and oxygen atoms in total. The van der Waals surface area contributed by atoms with Crippen LogP contribution in [0.3, 0.4) is 0 Å². The fraction of sp³-hybridized carbons (Fsp3) is 0.667. The number of nitrogens with one attached hydrogen (secondary N) is 2. The summed E-state index contributed by atoms with van der Waals surface area (Å²) in [5.74, 6) is 1.70. The minimum Gasteiger partial charge on any atom is -0.356 e. The van der Waals surface area contributed by atoms with E-state index < -0.39 is 0 Å². The van der Waals surface area contributed by atoms with Crippen LogP contribution >= 0.6 is 24.0 Å². The average Bonchev–Trinajstić information content (AvgIpc) is 3.26. The number of likely N-dealkylation sites (tertiary alicyclic amines) is 2. The van der Waals surface area contributed by atoms with E-state index in [0.717, 1.165) is 31.5 Å². The lowest BCUT2D eigenvalue weighted by Gasteiger charge is -2.21. The molecule has 0 saturated carbocycles. The molecule has 2 saturated heterocycles. The monoisotopic (exact) mass is 485 g/mol. The topological polar surface area (TPSA) is 42.9 Å². The van der Waals surface area contributed by atoms with Crippen molar-refractivity contribution in [2.45, 2.75) is 45.3 Å². The van der Waals surface area contributed by atoms with Gasteiger partial charge in [0, 0.05) is 45.3 Å². The van der Waals surface area contributed by atoms with Gasteiger partial charge in [-0.15, -0.1) is 24.0 Å². The normalized spacial score (nSPS) is 26.8. The van der Waals surface area contributed by atoms with Gasteiger partial charge in [0.25, 0.3) is 0 Å². The smallest absolute Gasteiger partial charge is 0.191 e. The van der Waals surface area contributed by atoms with Gasteiger partial charge in [0.2, 0.25) is 0 Å². The molecule has 0 amide bonds. The van der Waals surface area contributed by atoms with Crippen molar-refractivity contribution in [2.24, 2.45) is 10.9 Å². The van der Waals surface area contributed by atoms with E-state index in [1.165, 1.54) is 38.0 Å². The molecule has 2 aliphatic heterocycles. The number of hydrogen-bond acceptors (Lipinski definition) is 3. The van der Waals surface area contributed by atoms with Crippen LogP contribution in [-0.4, -0.2) is 67.6 Å². The molecule has 152 valence electrons. The van der Waals surface area contributed by atoms with Crippen molar-refractivity contribution in [3.63, 3.8) is 0 Å². The predicted octanol–water partition coefficient (Wildman–Crippen LogP) is 2.77. The molecule has 3 rings (SSSR count). The van der Waals surface area contributed by atoms with E-state index in [1.807, 2.05) is 7.05 Å². The molecule has 0 radical (unpaired) electrons. The quantitative estimate of drug-likeness (QED) is 0.370. The summed E-state index contributed by atoms with van der Waals surface area (Å²) in [4.78, 5) is 9.54. The fourth-order valence-corrected chi connectivity index (χ4v) is 4.24. The molecule has 6 heteroatoms. The Bertz CT molecular complexity index is 579. The molecular weight excluding hydrogens is 449 g/mol. The van der Waals surface area contributed by atoms with Gasteiger partial charge in [-0.05, 0) is 44.3 Å².